The van der Waals surface area contributed by atoms with Gasteiger partial charge in [-0.25, -0.2) is 9.78 Å². The van der Waals surface area contributed by atoms with Crippen LogP contribution in [-0.2, 0) is 4.79 Å². The number of piperazine rings is 1. The lowest BCUT2D eigenvalue weighted by molar-refractivity contribution is -0.121. The molecule has 3 amide bonds. The summed E-state index contributed by atoms with van der Waals surface area (Å²) in [5.74, 6) is 0.691. The summed E-state index contributed by atoms with van der Waals surface area (Å²) in [5, 5.41) is 4.85. The molecule has 0 bridgehead atoms. The van der Waals surface area contributed by atoms with E-state index in [0.29, 0.717) is 6.54 Å². The van der Waals surface area contributed by atoms with Crippen LogP contribution in [0, 0.1) is 0 Å². The lowest BCUT2D eigenvalue weighted by Crippen LogP contribution is -2.51. The minimum absolute atomic E-state index is 0.243. The van der Waals surface area contributed by atoms with E-state index in [1.165, 1.54) is 0 Å². The largest absolute Gasteiger partial charge is 0.354 e. The van der Waals surface area contributed by atoms with Crippen LogP contribution < -0.4 is 15.5 Å². The van der Waals surface area contributed by atoms with Gasteiger partial charge in [0, 0.05) is 38.9 Å². The number of carbonyl (C=O) groups excluding carboxylic acids is 2. The summed E-state index contributed by atoms with van der Waals surface area (Å²) in [4.78, 5) is 31.5. The van der Waals surface area contributed by atoms with Gasteiger partial charge in [0.2, 0.25) is 5.91 Å². The molecule has 0 radical (unpaired) electrons. The minimum atomic E-state index is -0.436. The SMILES string of the molecule is CCNC(=O)NC(=O)CN1CCN(c2ccccn2)CC1. The Morgan fingerprint density at radius 3 is 2.62 bits per heavy atom. The number of nitrogens with zero attached hydrogens (tertiary/aromatic N) is 3. The van der Waals surface area contributed by atoms with Crippen molar-refractivity contribution >= 4 is 17.8 Å². The average Bonchev–Trinajstić information content (AvgIpc) is 2.49. The summed E-state index contributed by atoms with van der Waals surface area (Å²) in [5.41, 5.74) is 0. The van der Waals surface area contributed by atoms with Gasteiger partial charge >= 0.3 is 6.03 Å². The second-order valence-corrected chi connectivity index (χ2v) is 4.86. The molecule has 1 fully saturated rings. The summed E-state index contributed by atoms with van der Waals surface area (Å²) < 4.78 is 0. The Balaban J connectivity index is 1.74. The van der Waals surface area contributed by atoms with E-state index in [1.807, 2.05) is 23.1 Å². The lowest BCUT2D eigenvalue weighted by Gasteiger charge is -2.34. The first-order chi connectivity index (χ1) is 10.2. The van der Waals surface area contributed by atoms with E-state index in [1.54, 1.807) is 13.1 Å². The zero-order valence-electron chi connectivity index (χ0n) is 12.2. The van der Waals surface area contributed by atoms with Crippen LogP contribution in [0.1, 0.15) is 6.92 Å². The van der Waals surface area contributed by atoms with Gasteiger partial charge in [-0.3, -0.25) is 15.0 Å². The lowest BCUT2D eigenvalue weighted by atomic mass is 10.3. The van der Waals surface area contributed by atoms with Crippen LogP contribution in [0.25, 0.3) is 0 Å². The molecule has 21 heavy (non-hydrogen) atoms. The van der Waals surface area contributed by atoms with Crippen molar-refractivity contribution in [2.24, 2.45) is 0 Å². The van der Waals surface area contributed by atoms with Crippen molar-refractivity contribution in [2.75, 3.05) is 44.2 Å². The zero-order chi connectivity index (χ0) is 15.1. The highest BCUT2D eigenvalue weighted by Crippen LogP contribution is 2.12. The maximum absolute atomic E-state index is 11.7. The molecule has 0 atom stereocenters. The highest BCUT2D eigenvalue weighted by Gasteiger charge is 2.20. The fourth-order valence-electron chi connectivity index (χ4n) is 2.25. The molecule has 1 aromatic heterocycles. The highest BCUT2D eigenvalue weighted by atomic mass is 16.2. The molecule has 0 aromatic carbocycles. The number of aromatic nitrogens is 1. The summed E-state index contributed by atoms with van der Waals surface area (Å²) >= 11 is 0. The number of hydrogen-bond acceptors (Lipinski definition) is 5. The van der Waals surface area contributed by atoms with Crippen molar-refractivity contribution in [3.63, 3.8) is 0 Å². The molecule has 0 aliphatic carbocycles. The Labute approximate surface area is 124 Å². The molecule has 2 rings (SSSR count). The van der Waals surface area contributed by atoms with E-state index in [9.17, 15) is 9.59 Å². The molecule has 0 spiro atoms. The summed E-state index contributed by atoms with van der Waals surface area (Å²) in [6, 6.07) is 5.41. The van der Waals surface area contributed by atoms with Crippen LogP contribution >= 0.6 is 0 Å². The number of urea groups is 1. The van der Waals surface area contributed by atoms with E-state index in [4.69, 9.17) is 0 Å². The molecule has 7 heteroatoms. The minimum Gasteiger partial charge on any atom is -0.354 e. The van der Waals surface area contributed by atoms with Gasteiger partial charge in [-0.15, -0.1) is 0 Å². The van der Waals surface area contributed by atoms with E-state index >= 15 is 0 Å². The first kappa shape index (κ1) is 15.2. The molecular formula is C14H21N5O2. The van der Waals surface area contributed by atoms with Gasteiger partial charge in [-0.05, 0) is 19.1 Å². The molecule has 1 saturated heterocycles. The highest BCUT2D eigenvalue weighted by molar-refractivity contribution is 5.95. The monoisotopic (exact) mass is 291 g/mol. The first-order valence-corrected chi connectivity index (χ1v) is 7.15. The van der Waals surface area contributed by atoms with Crippen LogP contribution in [0.3, 0.4) is 0 Å². The predicted octanol–water partition coefficient (Wildman–Crippen LogP) is 0.0493. The van der Waals surface area contributed by atoms with Crippen molar-refractivity contribution in [1.82, 2.24) is 20.5 Å². The molecule has 2 N–H and O–H groups in total. The molecule has 1 aromatic rings. The second kappa shape index (κ2) is 7.58. The first-order valence-electron chi connectivity index (χ1n) is 7.15. The maximum atomic E-state index is 11.7. The summed E-state index contributed by atoms with van der Waals surface area (Å²) in [6.45, 7) is 5.76. The van der Waals surface area contributed by atoms with E-state index < -0.39 is 6.03 Å². The van der Waals surface area contributed by atoms with Crippen LogP contribution in [0.2, 0.25) is 0 Å². The van der Waals surface area contributed by atoms with Crippen LogP contribution in [0.15, 0.2) is 24.4 Å². The third-order valence-corrected chi connectivity index (χ3v) is 3.30. The van der Waals surface area contributed by atoms with Gasteiger partial charge in [0.05, 0.1) is 6.54 Å². The number of pyridine rings is 1. The smallest absolute Gasteiger partial charge is 0.321 e. The quantitative estimate of drug-likeness (QED) is 0.819. The van der Waals surface area contributed by atoms with Gasteiger partial charge in [-0.2, -0.15) is 0 Å². The summed E-state index contributed by atoms with van der Waals surface area (Å²) in [7, 11) is 0. The van der Waals surface area contributed by atoms with Crippen LogP contribution in [-0.4, -0.2) is 61.1 Å². The molecule has 0 saturated carbocycles. The Hall–Kier alpha value is -2.15. The molecule has 1 aliphatic heterocycles. The number of imide groups is 1. The number of carbonyl (C=O) groups is 2. The third-order valence-electron chi connectivity index (χ3n) is 3.30. The Bertz CT molecular complexity index is 472. The number of amides is 3. The van der Waals surface area contributed by atoms with Gasteiger partial charge in [0.1, 0.15) is 5.82 Å². The van der Waals surface area contributed by atoms with Crippen molar-refractivity contribution in [2.45, 2.75) is 6.92 Å². The second-order valence-electron chi connectivity index (χ2n) is 4.86. The topological polar surface area (TPSA) is 77.6 Å². The fraction of sp³-hybridized carbons (Fsp3) is 0.500. The van der Waals surface area contributed by atoms with Crippen LogP contribution in [0.4, 0.5) is 10.6 Å². The molecule has 114 valence electrons. The zero-order valence-corrected chi connectivity index (χ0v) is 12.2. The third kappa shape index (κ3) is 4.71. The number of hydrogen-bond donors (Lipinski definition) is 2. The predicted molar refractivity (Wildman–Crippen MR) is 80.1 cm³/mol. The molecule has 7 nitrogen and oxygen atoms in total. The number of nitrogens with one attached hydrogen (secondary N) is 2. The Morgan fingerprint density at radius 2 is 2.00 bits per heavy atom. The van der Waals surface area contributed by atoms with Crippen molar-refractivity contribution in [3.05, 3.63) is 24.4 Å². The average molecular weight is 291 g/mol. The van der Waals surface area contributed by atoms with E-state index in [2.05, 4.69) is 20.5 Å². The normalized spacial score (nSPS) is 15.6. The maximum Gasteiger partial charge on any atom is 0.321 e. The Kier molecular flexibility index (Phi) is 5.51. The van der Waals surface area contributed by atoms with Crippen molar-refractivity contribution in [3.8, 4) is 0 Å². The standard InChI is InChI=1S/C14H21N5O2/c1-2-15-14(21)17-13(20)11-18-7-9-19(10-8-18)12-5-3-4-6-16-12/h3-6H,2,7-11H2,1H3,(H2,15,17,20,21). The van der Waals surface area contributed by atoms with E-state index in [-0.39, 0.29) is 12.5 Å². The van der Waals surface area contributed by atoms with Crippen molar-refractivity contribution < 1.29 is 9.59 Å². The summed E-state index contributed by atoms with van der Waals surface area (Å²) in [6.07, 6.45) is 1.78. The van der Waals surface area contributed by atoms with Gasteiger partial charge in [0.15, 0.2) is 0 Å². The van der Waals surface area contributed by atoms with Crippen LogP contribution in [0.5, 0.6) is 0 Å². The number of anilines is 1. The van der Waals surface area contributed by atoms with Gasteiger partial charge in [-0.1, -0.05) is 6.07 Å². The van der Waals surface area contributed by atoms with Gasteiger partial charge < -0.3 is 10.2 Å². The number of rotatable bonds is 4. The molecule has 0 unspecified atom stereocenters. The van der Waals surface area contributed by atoms with E-state index in [0.717, 1.165) is 32.0 Å². The Morgan fingerprint density at radius 1 is 1.24 bits per heavy atom. The fourth-order valence-corrected chi connectivity index (χ4v) is 2.25. The van der Waals surface area contributed by atoms with Crippen molar-refractivity contribution in [1.29, 1.82) is 0 Å². The molecule has 2 heterocycles. The molecule has 1 aliphatic rings. The van der Waals surface area contributed by atoms with Gasteiger partial charge in [0.25, 0.3) is 0 Å². The molecular weight excluding hydrogens is 270 g/mol.